The molecule has 0 saturated heterocycles. The normalized spacial score (nSPS) is 11.9. The zero-order valence-electron chi connectivity index (χ0n) is 9.96. The second-order valence-electron chi connectivity index (χ2n) is 4.05. The standard InChI is InChI=1S/C12H16N2O3/c1-9(12(16)17)7-11(15)14(2)8-10-3-5-13-6-4-10/h3-6,9H,7-8H2,1-2H3,(H,16,17). The molecule has 0 bridgehead atoms. The van der Waals surface area contributed by atoms with Gasteiger partial charge in [0.15, 0.2) is 0 Å². The number of nitrogens with zero attached hydrogens (tertiary/aromatic N) is 2. The maximum Gasteiger partial charge on any atom is 0.306 e. The molecule has 1 atom stereocenters. The minimum atomic E-state index is -0.948. The van der Waals surface area contributed by atoms with Gasteiger partial charge in [0.05, 0.1) is 5.92 Å². The first-order valence-corrected chi connectivity index (χ1v) is 5.36. The van der Waals surface area contributed by atoms with Gasteiger partial charge in [0.25, 0.3) is 0 Å². The van der Waals surface area contributed by atoms with Crippen molar-refractivity contribution in [3.8, 4) is 0 Å². The van der Waals surface area contributed by atoms with Crippen LogP contribution in [0.3, 0.4) is 0 Å². The fraction of sp³-hybridized carbons (Fsp3) is 0.417. The molecule has 0 spiro atoms. The number of carboxylic acid groups (broad SMARTS) is 1. The zero-order chi connectivity index (χ0) is 12.8. The lowest BCUT2D eigenvalue weighted by Crippen LogP contribution is -2.29. The van der Waals surface area contributed by atoms with Gasteiger partial charge in [-0.25, -0.2) is 0 Å². The quantitative estimate of drug-likeness (QED) is 0.832. The predicted octanol–water partition coefficient (Wildman–Crippen LogP) is 1.15. The van der Waals surface area contributed by atoms with E-state index in [1.807, 2.05) is 12.1 Å². The van der Waals surface area contributed by atoms with Gasteiger partial charge in [-0.3, -0.25) is 14.6 Å². The first kappa shape index (κ1) is 13.2. The SMILES string of the molecule is CC(CC(=O)N(C)Cc1ccncc1)C(=O)O. The van der Waals surface area contributed by atoms with Crippen molar-refractivity contribution in [2.24, 2.45) is 5.92 Å². The number of carbonyl (C=O) groups excluding carboxylic acids is 1. The van der Waals surface area contributed by atoms with Gasteiger partial charge in [0.2, 0.25) is 5.91 Å². The predicted molar refractivity (Wildman–Crippen MR) is 62.1 cm³/mol. The Hall–Kier alpha value is -1.91. The molecule has 0 radical (unpaired) electrons. The Labute approximate surface area is 100 Å². The highest BCUT2D eigenvalue weighted by atomic mass is 16.4. The minimum absolute atomic E-state index is 0.0247. The van der Waals surface area contributed by atoms with Crippen LogP contribution in [-0.4, -0.2) is 33.9 Å². The van der Waals surface area contributed by atoms with E-state index < -0.39 is 11.9 Å². The van der Waals surface area contributed by atoms with E-state index >= 15 is 0 Å². The second kappa shape index (κ2) is 5.98. The highest BCUT2D eigenvalue weighted by Gasteiger charge is 2.18. The lowest BCUT2D eigenvalue weighted by Gasteiger charge is -2.18. The van der Waals surface area contributed by atoms with E-state index in [2.05, 4.69) is 4.98 Å². The van der Waals surface area contributed by atoms with Crippen molar-refractivity contribution in [2.75, 3.05) is 7.05 Å². The average molecular weight is 236 g/mol. The van der Waals surface area contributed by atoms with Crippen LogP contribution in [0.2, 0.25) is 0 Å². The summed E-state index contributed by atoms with van der Waals surface area (Å²) >= 11 is 0. The summed E-state index contributed by atoms with van der Waals surface area (Å²) in [6, 6.07) is 3.65. The third-order valence-electron chi connectivity index (χ3n) is 2.50. The fourth-order valence-electron chi connectivity index (χ4n) is 1.36. The summed E-state index contributed by atoms with van der Waals surface area (Å²) in [6.07, 6.45) is 3.35. The first-order chi connectivity index (χ1) is 8.00. The van der Waals surface area contributed by atoms with E-state index in [0.29, 0.717) is 6.54 Å². The number of aromatic nitrogens is 1. The molecule has 1 aromatic heterocycles. The third-order valence-corrected chi connectivity index (χ3v) is 2.50. The molecule has 0 saturated carbocycles. The lowest BCUT2D eigenvalue weighted by molar-refractivity contribution is -0.145. The molecular weight excluding hydrogens is 220 g/mol. The second-order valence-corrected chi connectivity index (χ2v) is 4.05. The van der Waals surface area contributed by atoms with E-state index in [9.17, 15) is 9.59 Å². The number of rotatable bonds is 5. The van der Waals surface area contributed by atoms with Crippen LogP contribution in [-0.2, 0) is 16.1 Å². The molecule has 0 aliphatic heterocycles. The Morgan fingerprint density at radius 1 is 1.41 bits per heavy atom. The molecule has 1 N–H and O–H groups in total. The minimum Gasteiger partial charge on any atom is -0.481 e. The molecule has 0 aliphatic carbocycles. The van der Waals surface area contributed by atoms with Crippen molar-refractivity contribution in [1.82, 2.24) is 9.88 Å². The van der Waals surface area contributed by atoms with E-state index in [1.54, 1.807) is 19.4 Å². The molecule has 1 unspecified atom stereocenters. The van der Waals surface area contributed by atoms with Crippen LogP contribution >= 0.6 is 0 Å². The van der Waals surface area contributed by atoms with Gasteiger partial charge in [-0.15, -0.1) is 0 Å². The number of aliphatic carboxylic acids is 1. The average Bonchev–Trinajstić information content (AvgIpc) is 2.29. The summed E-state index contributed by atoms with van der Waals surface area (Å²) in [5.41, 5.74) is 0.971. The smallest absolute Gasteiger partial charge is 0.306 e. The topological polar surface area (TPSA) is 70.5 Å². The highest BCUT2D eigenvalue weighted by Crippen LogP contribution is 2.07. The van der Waals surface area contributed by atoms with Crippen molar-refractivity contribution in [2.45, 2.75) is 19.9 Å². The Kier molecular flexibility index (Phi) is 4.63. The van der Waals surface area contributed by atoms with E-state index in [4.69, 9.17) is 5.11 Å². The summed E-state index contributed by atoms with van der Waals surface area (Å²) in [6.45, 7) is 1.99. The number of amides is 1. The molecular formula is C12H16N2O3. The third kappa shape index (κ3) is 4.22. The number of carbonyl (C=O) groups is 2. The zero-order valence-corrected chi connectivity index (χ0v) is 9.96. The lowest BCUT2D eigenvalue weighted by atomic mass is 10.1. The molecule has 0 aromatic carbocycles. The van der Waals surface area contributed by atoms with Gasteiger partial charge < -0.3 is 10.0 Å². The van der Waals surface area contributed by atoms with E-state index in [1.165, 1.54) is 11.8 Å². The number of carboxylic acids is 1. The largest absolute Gasteiger partial charge is 0.481 e. The van der Waals surface area contributed by atoms with Crippen LogP contribution in [0, 0.1) is 5.92 Å². The van der Waals surface area contributed by atoms with Crippen LogP contribution in [0.1, 0.15) is 18.9 Å². The summed E-state index contributed by atoms with van der Waals surface area (Å²) < 4.78 is 0. The van der Waals surface area contributed by atoms with Crippen molar-refractivity contribution in [3.63, 3.8) is 0 Å². The molecule has 5 heteroatoms. The van der Waals surface area contributed by atoms with Crippen LogP contribution in [0.5, 0.6) is 0 Å². The Morgan fingerprint density at radius 2 is 2.00 bits per heavy atom. The number of hydrogen-bond acceptors (Lipinski definition) is 3. The van der Waals surface area contributed by atoms with Gasteiger partial charge in [-0.05, 0) is 17.7 Å². The molecule has 92 valence electrons. The van der Waals surface area contributed by atoms with Crippen molar-refractivity contribution < 1.29 is 14.7 Å². The first-order valence-electron chi connectivity index (χ1n) is 5.36. The Balaban J connectivity index is 2.50. The fourth-order valence-corrected chi connectivity index (χ4v) is 1.36. The van der Waals surface area contributed by atoms with Crippen molar-refractivity contribution in [1.29, 1.82) is 0 Å². The van der Waals surface area contributed by atoms with Gasteiger partial charge in [0.1, 0.15) is 0 Å². The van der Waals surface area contributed by atoms with Gasteiger partial charge in [-0.1, -0.05) is 6.92 Å². The van der Waals surface area contributed by atoms with Crippen molar-refractivity contribution in [3.05, 3.63) is 30.1 Å². The molecule has 1 heterocycles. The highest BCUT2D eigenvalue weighted by molar-refractivity contribution is 5.81. The number of hydrogen-bond donors (Lipinski definition) is 1. The maximum absolute atomic E-state index is 11.7. The summed E-state index contributed by atoms with van der Waals surface area (Å²) in [4.78, 5) is 27.8. The van der Waals surface area contributed by atoms with Crippen LogP contribution < -0.4 is 0 Å². The Morgan fingerprint density at radius 3 is 2.53 bits per heavy atom. The monoisotopic (exact) mass is 236 g/mol. The molecule has 0 aliphatic rings. The van der Waals surface area contributed by atoms with Gasteiger partial charge in [-0.2, -0.15) is 0 Å². The molecule has 0 fully saturated rings. The molecule has 17 heavy (non-hydrogen) atoms. The molecule has 5 nitrogen and oxygen atoms in total. The van der Waals surface area contributed by atoms with Crippen LogP contribution in [0.15, 0.2) is 24.5 Å². The van der Waals surface area contributed by atoms with Crippen LogP contribution in [0.4, 0.5) is 0 Å². The van der Waals surface area contributed by atoms with Gasteiger partial charge in [0, 0.05) is 32.4 Å². The van der Waals surface area contributed by atoms with Crippen molar-refractivity contribution >= 4 is 11.9 Å². The summed E-state index contributed by atoms with van der Waals surface area (Å²) in [7, 11) is 1.66. The van der Waals surface area contributed by atoms with Crippen LogP contribution in [0.25, 0.3) is 0 Å². The summed E-state index contributed by atoms with van der Waals surface area (Å²) in [5.74, 6) is -1.77. The summed E-state index contributed by atoms with van der Waals surface area (Å²) in [5, 5.41) is 8.72. The van der Waals surface area contributed by atoms with Gasteiger partial charge >= 0.3 is 5.97 Å². The molecule has 1 rings (SSSR count). The van der Waals surface area contributed by atoms with E-state index in [0.717, 1.165) is 5.56 Å². The Bertz CT molecular complexity index is 392. The van der Waals surface area contributed by atoms with E-state index in [-0.39, 0.29) is 12.3 Å². The molecule has 1 aromatic rings. The molecule has 1 amide bonds. The maximum atomic E-state index is 11.7. The number of pyridine rings is 1.